The summed E-state index contributed by atoms with van der Waals surface area (Å²) in [6, 6.07) is -0.776. The Morgan fingerprint density at radius 1 is 1.25 bits per heavy atom. The number of urea groups is 1. The molecule has 20 heavy (non-hydrogen) atoms. The van der Waals surface area contributed by atoms with Crippen LogP contribution in [0.25, 0.3) is 0 Å². The Labute approximate surface area is 116 Å². The average Bonchev–Trinajstić information content (AvgIpc) is 2.38. The summed E-state index contributed by atoms with van der Waals surface area (Å²) in [6.45, 7) is 6.44. The summed E-state index contributed by atoms with van der Waals surface area (Å²) in [4.78, 5) is 39.9. The van der Waals surface area contributed by atoms with Crippen LogP contribution in [0.3, 0.4) is 0 Å². The van der Waals surface area contributed by atoms with Gasteiger partial charge in [-0.05, 0) is 6.92 Å². The number of barbiturate groups is 1. The van der Waals surface area contributed by atoms with Gasteiger partial charge in [0.25, 0.3) is 0 Å². The van der Waals surface area contributed by atoms with Gasteiger partial charge in [-0.2, -0.15) is 0 Å². The van der Waals surface area contributed by atoms with Crippen molar-refractivity contribution in [2.75, 3.05) is 39.4 Å². The molecule has 0 aromatic carbocycles. The highest BCUT2D eigenvalue weighted by molar-refractivity contribution is 6.27. The number of rotatable bonds is 4. The van der Waals surface area contributed by atoms with Gasteiger partial charge < -0.3 is 9.64 Å². The summed E-state index contributed by atoms with van der Waals surface area (Å²) >= 11 is 0. The number of ether oxygens (including phenoxy) is 1. The first-order chi connectivity index (χ1) is 9.58. The summed E-state index contributed by atoms with van der Waals surface area (Å²) in [6.07, 6.45) is 0. The lowest BCUT2D eigenvalue weighted by Crippen LogP contribution is -3.14. The normalized spacial score (nSPS) is 22.6. The van der Waals surface area contributed by atoms with Gasteiger partial charge in [0.15, 0.2) is 5.92 Å². The molecule has 2 rings (SSSR count). The second-order valence-corrected chi connectivity index (χ2v) is 4.88. The second kappa shape index (κ2) is 6.58. The van der Waals surface area contributed by atoms with Crippen LogP contribution in [0.4, 0.5) is 4.79 Å². The molecule has 0 bridgehead atoms. The lowest BCUT2D eigenvalue weighted by atomic mass is 10.0. The molecule has 0 saturated carbocycles. The lowest BCUT2D eigenvalue weighted by molar-refractivity contribution is -0.906. The molecule has 0 aromatic rings. The number of aliphatic imine (C=N–C) groups is 1. The maximum Gasteiger partial charge on any atom is 0.328 e. The third-order valence-electron chi connectivity index (χ3n) is 3.44. The van der Waals surface area contributed by atoms with Crippen molar-refractivity contribution in [3.8, 4) is 0 Å². The van der Waals surface area contributed by atoms with Crippen molar-refractivity contribution in [2.24, 2.45) is 10.9 Å². The molecular weight excluding hydrogens is 264 g/mol. The summed E-state index contributed by atoms with van der Waals surface area (Å²) in [7, 11) is 0. The van der Waals surface area contributed by atoms with Crippen molar-refractivity contribution in [3.05, 3.63) is 0 Å². The highest BCUT2D eigenvalue weighted by Crippen LogP contribution is 2.05. The zero-order chi connectivity index (χ0) is 14.5. The van der Waals surface area contributed by atoms with E-state index in [9.17, 15) is 14.4 Å². The molecular formula is C12H19N4O4+. The van der Waals surface area contributed by atoms with Gasteiger partial charge in [0.05, 0.1) is 26.3 Å². The quantitative estimate of drug-likeness (QED) is 0.387. The van der Waals surface area contributed by atoms with E-state index in [4.69, 9.17) is 4.74 Å². The Morgan fingerprint density at radius 3 is 2.45 bits per heavy atom. The Kier molecular flexibility index (Phi) is 4.80. The zero-order valence-corrected chi connectivity index (χ0v) is 11.4. The molecule has 0 radical (unpaired) electrons. The molecule has 2 aliphatic heterocycles. The van der Waals surface area contributed by atoms with Crippen molar-refractivity contribution in [1.29, 1.82) is 0 Å². The molecule has 0 aromatic heterocycles. The minimum atomic E-state index is -1.01. The molecule has 0 unspecified atom stereocenters. The predicted molar refractivity (Wildman–Crippen MR) is 69.5 cm³/mol. The molecule has 0 atom stereocenters. The van der Waals surface area contributed by atoms with Crippen molar-refractivity contribution >= 4 is 23.6 Å². The maximum atomic E-state index is 11.6. The molecule has 2 fully saturated rings. The number of imide groups is 2. The molecule has 0 spiro atoms. The molecule has 2 heterocycles. The van der Waals surface area contributed by atoms with Crippen molar-refractivity contribution < 1.29 is 24.0 Å². The molecule has 110 valence electrons. The van der Waals surface area contributed by atoms with Crippen LogP contribution in [0, 0.1) is 5.92 Å². The van der Waals surface area contributed by atoms with Gasteiger partial charge in [0, 0.05) is 5.71 Å². The fraction of sp³-hybridized carbons (Fsp3) is 0.667. The van der Waals surface area contributed by atoms with Gasteiger partial charge >= 0.3 is 6.03 Å². The highest BCUT2D eigenvalue weighted by Gasteiger charge is 2.36. The van der Waals surface area contributed by atoms with E-state index in [2.05, 4.69) is 15.6 Å². The highest BCUT2D eigenvalue weighted by atomic mass is 16.5. The minimum Gasteiger partial charge on any atom is -0.370 e. The summed E-state index contributed by atoms with van der Waals surface area (Å²) in [5, 5.41) is 4.14. The number of nitrogens with one attached hydrogen (secondary N) is 3. The van der Waals surface area contributed by atoms with Gasteiger partial charge in [0.1, 0.15) is 13.1 Å². The topological polar surface area (TPSA) is 101 Å². The van der Waals surface area contributed by atoms with E-state index in [0.717, 1.165) is 32.8 Å². The number of amides is 4. The van der Waals surface area contributed by atoms with Gasteiger partial charge in [-0.25, -0.2) is 4.79 Å². The van der Waals surface area contributed by atoms with Crippen LogP contribution in [0.5, 0.6) is 0 Å². The first kappa shape index (κ1) is 14.6. The fourth-order valence-electron chi connectivity index (χ4n) is 2.29. The smallest absolute Gasteiger partial charge is 0.328 e. The lowest BCUT2D eigenvalue weighted by Gasteiger charge is -2.23. The molecule has 8 nitrogen and oxygen atoms in total. The van der Waals surface area contributed by atoms with E-state index in [1.165, 1.54) is 4.90 Å². The summed E-state index contributed by atoms with van der Waals surface area (Å²) < 4.78 is 5.27. The second-order valence-electron chi connectivity index (χ2n) is 4.88. The number of nitrogens with zero attached hydrogens (tertiary/aromatic N) is 1. The third kappa shape index (κ3) is 3.61. The van der Waals surface area contributed by atoms with Crippen LogP contribution in [0.15, 0.2) is 4.99 Å². The van der Waals surface area contributed by atoms with Crippen molar-refractivity contribution in [1.82, 2.24) is 10.6 Å². The van der Waals surface area contributed by atoms with Crippen LogP contribution in [-0.2, 0) is 14.3 Å². The first-order valence-electron chi connectivity index (χ1n) is 6.66. The van der Waals surface area contributed by atoms with E-state index in [1.54, 1.807) is 6.92 Å². The van der Waals surface area contributed by atoms with Crippen LogP contribution < -0.4 is 15.5 Å². The van der Waals surface area contributed by atoms with Gasteiger partial charge in [-0.1, -0.05) is 0 Å². The van der Waals surface area contributed by atoms with Crippen LogP contribution in [-0.4, -0.2) is 62.9 Å². The largest absolute Gasteiger partial charge is 0.370 e. The van der Waals surface area contributed by atoms with Crippen LogP contribution in [0.1, 0.15) is 6.92 Å². The molecule has 8 heteroatoms. The molecule has 4 amide bonds. The summed E-state index contributed by atoms with van der Waals surface area (Å²) in [5.74, 6) is -2.23. The number of hydrogen-bond acceptors (Lipinski definition) is 5. The Balaban J connectivity index is 1.87. The van der Waals surface area contributed by atoms with E-state index in [0.29, 0.717) is 12.3 Å². The SMILES string of the molecule is CC(=NCC[NH+]1CCOCC1)C1C(=O)NC(=O)NC1=O. The maximum absolute atomic E-state index is 11.6. The molecule has 0 aliphatic carbocycles. The van der Waals surface area contributed by atoms with Gasteiger partial charge in [0.2, 0.25) is 11.8 Å². The van der Waals surface area contributed by atoms with Gasteiger partial charge in [-0.15, -0.1) is 0 Å². The summed E-state index contributed by atoms with van der Waals surface area (Å²) in [5.41, 5.74) is 0.431. The van der Waals surface area contributed by atoms with E-state index < -0.39 is 23.8 Å². The molecule has 2 aliphatic rings. The average molecular weight is 283 g/mol. The molecule has 3 N–H and O–H groups in total. The minimum absolute atomic E-state index is 0.431. The molecule has 2 saturated heterocycles. The fourth-order valence-corrected chi connectivity index (χ4v) is 2.29. The van der Waals surface area contributed by atoms with Crippen molar-refractivity contribution in [2.45, 2.75) is 6.92 Å². The predicted octanol–water partition coefficient (Wildman–Crippen LogP) is -2.66. The number of morpholine rings is 1. The third-order valence-corrected chi connectivity index (χ3v) is 3.44. The zero-order valence-electron chi connectivity index (χ0n) is 11.4. The van der Waals surface area contributed by atoms with Crippen molar-refractivity contribution in [3.63, 3.8) is 0 Å². The van der Waals surface area contributed by atoms with E-state index in [1.807, 2.05) is 0 Å². The number of hydrogen-bond donors (Lipinski definition) is 3. The Hall–Kier alpha value is -1.80. The first-order valence-corrected chi connectivity index (χ1v) is 6.66. The van der Waals surface area contributed by atoms with E-state index in [-0.39, 0.29) is 0 Å². The number of carbonyl (C=O) groups excluding carboxylic acids is 3. The Bertz CT molecular complexity index is 423. The number of quaternary nitrogens is 1. The van der Waals surface area contributed by atoms with Crippen LogP contribution in [0.2, 0.25) is 0 Å². The van der Waals surface area contributed by atoms with Gasteiger partial charge in [-0.3, -0.25) is 25.2 Å². The Morgan fingerprint density at radius 2 is 1.85 bits per heavy atom. The number of carbonyl (C=O) groups is 3. The van der Waals surface area contributed by atoms with E-state index >= 15 is 0 Å². The van der Waals surface area contributed by atoms with Crippen LogP contribution >= 0.6 is 0 Å². The monoisotopic (exact) mass is 283 g/mol. The standard InChI is InChI=1S/C12H18N4O4/c1-8(9-10(17)14-12(19)15-11(9)18)13-2-3-16-4-6-20-7-5-16/h9H,2-7H2,1H3,(H2,14,15,17,18,19)/p+1.